The molecule has 0 unspecified atom stereocenters. The van der Waals surface area contributed by atoms with Gasteiger partial charge in [0, 0.05) is 17.5 Å². The summed E-state index contributed by atoms with van der Waals surface area (Å²) in [6.07, 6.45) is 1.50. The number of rotatable bonds is 5. The van der Waals surface area contributed by atoms with Gasteiger partial charge < -0.3 is 5.11 Å². The standard InChI is InChI=1S/C14H9FN2O2.C8H11FN2O2S/c15-9-4-6-10(7-5-9)17-13-3-1-2-11(14(18)19)12(13)8-16-17;1-6-2-3-7(8(9)4-6)5-11-14(10,12)13/h1-8H,(H,18,19);2-4,11H,5H2,1H3,(H2,10,12,13). The van der Waals surface area contributed by atoms with Gasteiger partial charge in [-0.3, -0.25) is 0 Å². The lowest BCUT2D eigenvalue weighted by atomic mass is 10.1. The number of aromatic nitrogens is 2. The molecule has 1 aromatic heterocycles. The number of aromatic carboxylic acids is 1. The number of fused-ring (bicyclic) bond motifs is 1. The largest absolute Gasteiger partial charge is 0.478 e. The van der Waals surface area contributed by atoms with E-state index in [1.807, 2.05) is 4.72 Å². The number of carboxylic acids is 1. The quantitative estimate of drug-likeness (QED) is 0.409. The lowest BCUT2D eigenvalue weighted by Gasteiger charge is -2.04. The Hall–Kier alpha value is -3.67. The van der Waals surface area contributed by atoms with Crippen LogP contribution in [0.15, 0.2) is 66.9 Å². The van der Waals surface area contributed by atoms with Crippen molar-refractivity contribution in [1.29, 1.82) is 0 Å². The van der Waals surface area contributed by atoms with Crippen LogP contribution in [0.5, 0.6) is 0 Å². The normalized spacial score (nSPS) is 11.2. The average molecular weight is 474 g/mol. The summed E-state index contributed by atoms with van der Waals surface area (Å²) in [5.74, 6) is -1.77. The summed E-state index contributed by atoms with van der Waals surface area (Å²) >= 11 is 0. The molecule has 4 aromatic rings. The highest BCUT2D eigenvalue weighted by Gasteiger charge is 2.12. The van der Waals surface area contributed by atoms with Gasteiger partial charge in [0.15, 0.2) is 0 Å². The van der Waals surface area contributed by atoms with Gasteiger partial charge in [0.1, 0.15) is 11.6 Å². The van der Waals surface area contributed by atoms with Gasteiger partial charge >= 0.3 is 5.97 Å². The number of halogens is 2. The molecular weight excluding hydrogens is 454 g/mol. The maximum Gasteiger partial charge on any atom is 0.336 e. The Morgan fingerprint density at radius 1 is 1.12 bits per heavy atom. The molecular formula is C22H20F2N4O4S. The molecule has 0 fully saturated rings. The average Bonchev–Trinajstić information content (AvgIpc) is 3.17. The Bertz CT molecular complexity index is 1400. The molecule has 3 aromatic carbocycles. The van der Waals surface area contributed by atoms with E-state index in [0.717, 1.165) is 5.56 Å². The Morgan fingerprint density at radius 3 is 2.42 bits per heavy atom. The van der Waals surface area contributed by atoms with E-state index >= 15 is 0 Å². The minimum Gasteiger partial charge on any atom is -0.478 e. The molecule has 11 heteroatoms. The summed E-state index contributed by atoms with van der Waals surface area (Å²) in [5, 5.41) is 18.5. The summed E-state index contributed by atoms with van der Waals surface area (Å²) in [6, 6.07) is 15.4. The fourth-order valence-corrected chi connectivity index (χ4v) is 3.36. The third-order valence-electron chi connectivity index (χ3n) is 4.59. The maximum absolute atomic E-state index is 13.1. The Balaban J connectivity index is 0.000000196. The van der Waals surface area contributed by atoms with Crippen molar-refractivity contribution in [2.75, 3.05) is 0 Å². The molecule has 172 valence electrons. The third-order valence-corrected chi connectivity index (χ3v) is 5.13. The van der Waals surface area contributed by atoms with Crippen LogP contribution in [0.4, 0.5) is 8.78 Å². The van der Waals surface area contributed by atoms with Gasteiger partial charge in [-0.1, -0.05) is 18.2 Å². The predicted octanol–water partition coefficient (Wildman–Crippen LogP) is 3.29. The Labute approximate surface area is 188 Å². The molecule has 8 nitrogen and oxygen atoms in total. The zero-order chi connectivity index (χ0) is 24.2. The highest BCUT2D eigenvalue weighted by molar-refractivity contribution is 7.87. The molecule has 0 aliphatic carbocycles. The zero-order valence-corrected chi connectivity index (χ0v) is 18.2. The van der Waals surface area contributed by atoms with E-state index in [1.54, 1.807) is 41.9 Å². The fourth-order valence-electron chi connectivity index (χ4n) is 3.00. The van der Waals surface area contributed by atoms with Crippen molar-refractivity contribution in [2.45, 2.75) is 13.5 Å². The second kappa shape index (κ2) is 9.86. The zero-order valence-electron chi connectivity index (χ0n) is 17.4. The van der Waals surface area contributed by atoms with E-state index in [9.17, 15) is 22.0 Å². The number of hydrogen-bond donors (Lipinski definition) is 3. The van der Waals surface area contributed by atoms with Crippen LogP contribution in [0, 0.1) is 18.6 Å². The van der Waals surface area contributed by atoms with Gasteiger partial charge in [0.25, 0.3) is 10.2 Å². The topological polar surface area (TPSA) is 127 Å². The first-order valence-corrected chi connectivity index (χ1v) is 11.1. The van der Waals surface area contributed by atoms with Crippen molar-refractivity contribution in [2.24, 2.45) is 5.14 Å². The van der Waals surface area contributed by atoms with E-state index in [4.69, 9.17) is 10.2 Å². The van der Waals surface area contributed by atoms with Crippen LogP contribution in [-0.2, 0) is 16.8 Å². The second-order valence-electron chi connectivity index (χ2n) is 7.04. The first-order valence-electron chi connectivity index (χ1n) is 9.53. The van der Waals surface area contributed by atoms with Crippen molar-refractivity contribution in [3.05, 3.63) is 95.2 Å². The van der Waals surface area contributed by atoms with Crippen LogP contribution in [0.25, 0.3) is 16.6 Å². The van der Waals surface area contributed by atoms with Gasteiger partial charge in [-0.05, 0) is 55.0 Å². The summed E-state index contributed by atoms with van der Waals surface area (Å²) in [6.45, 7) is 1.62. The number of aryl methyl sites for hydroxylation is 1. The van der Waals surface area contributed by atoms with Crippen molar-refractivity contribution in [1.82, 2.24) is 14.5 Å². The SMILES string of the molecule is Cc1ccc(CNS(N)(=O)=O)c(F)c1.O=C(O)c1cccc2c1cnn2-c1ccc(F)cc1. The number of nitrogens with two attached hydrogens (primary N) is 1. The highest BCUT2D eigenvalue weighted by Crippen LogP contribution is 2.22. The fraction of sp³-hybridized carbons (Fsp3) is 0.0909. The molecule has 0 aliphatic heterocycles. The van der Waals surface area contributed by atoms with E-state index in [-0.39, 0.29) is 23.5 Å². The van der Waals surface area contributed by atoms with Crippen LogP contribution in [0.2, 0.25) is 0 Å². The summed E-state index contributed by atoms with van der Waals surface area (Å²) in [5.41, 5.74) is 2.60. The Morgan fingerprint density at radius 2 is 1.82 bits per heavy atom. The summed E-state index contributed by atoms with van der Waals surface area (Å²) in [4.78, 5) is 11.1. The van der Waals surface area contributed by atoms with Gasteiger partial charge in [-0.15, -0.1) is 0 Å². The molecule has 4 rings (SSSR count). The van der Waals surface area contributed by atoms with Crippen LogP contribution in [-0.4, -0.2) is 29.3 Å². The minimum absolute atomic E-state index is 0.134. The summed E-state index contributed by atoms with van der Waals surface area (Å²) in [7, 11) is -3.77. The second-order valence-corrected chi connectivity index (χ2v) is 8.42. The van der Waals surface area contributed by atoms with Crippen molar-refractivity contribution < 1.29 is 27.1 Å². The number of carbonyl (C=O) groups is 1. The van der Waals surface area contributed by atoms with Crippen molar-refractivity contribution in [3.8, 4) is 5.69 Å². The van der Waals surface area contributed by atoms with Crippen LogP contribution in [0.1, 0.15) is 21.5 Å². The smallest absolute Gasteiger partial charge is 0.336 e. The number of benzene rings is 3. The monoisotopic (exact) mass is 474 g/mol. The first kappa shape index (κ1) is 24.0. The molecule has 0 spiro atoms. The molecule has 0 atom stereocenters. The molecule has 0 aliphatic rings. The highest BCUT2D eigenvalue weighted by atomic mass is 32.2. The van der Waals surface area contributed by atoms with Crippen LogP contribution in [0.3, 0.4) is 0 Å². The minimum atomic E-state index is -3.77. The van der Waals surface area contributed by atoms with Gasteiger partial charge in [0.2, 0.25) is 0 Å². The third kappa shape index (κ3) is 6.19. The molecule has 1 heterocycles. The molecule has 0 saturated heterocycles. The van der Waals surface area contributed by atoms with Crippen molar-refractivity contribution in [3.63, 3.8) is 0 Å². The van der Waals surface area contributed by atoms with Gasteiger partial charge in [-0.2, -0.15) is 18.2 Å². The van der Waals surface area contributed by atoms with E-state index in [1.165, 1.54) is 36.5 Å². The molecule has 0 amide bonds. The number of nitrogens with zero attached hydrogens (tertiary/aromatic N) is 2. The first-order chi connectivity index (χ1) is 15.5. The van der Waals surface area contributed by atoms with Gasteiger partial charge in [0.05, 0.1) is 23.0 Å². The number of nitrogens with one attached hydrogen (secondary N) is 1. The molecule has 0 radical (unpaired) electrons. The number of hydrogen-bond acceptors (Lipinski definition) is 4. The Kier molecular flexibility index (Phi) is 7.16. The predicted molar refractivity (Wildman–Crippen MR) is 119 cm³/mol. The lowest BCUT2D eigenvalue weighted by Crippen LogP contribution is -2.30. The molecule has 0 saturated carbocycles. The maximum atomic E-state index is 13.1. The van der Waals surface area contributed by atoms with E-state index in [2.05, 4.69) is 5.10 Å². The lowest BCUT2D eigenvalue weighted by molar-refractivity contribution is 0.0699. The van der Waals surface area contributed by atoms with E-state index < -0.39 is 22.0 Å². The molecule has 4 N–H and O–H groups in total. The van der Waals surface area contributed by atoms with Crippen LogP contribution >= 0.6 is 0 Å². The molecule has 33 heavy (non-hydrogen) atoms. The van der Waals surface area contributed by atoms with E-state index in [0.29, 0.717) is 16.6 Å². The van der Waals surface area contributed by atoms with Crippen molar-refractivity contribution >= 4 is 27.1 Å². The molecule has 0 bridgehead atoms. The van der Waals surface area contributed by atoms with Gasteiger partial charge in [-0.25, -0.2) is 23.4 Å². The van der Waals surface area contributed by atoms with Crippen LogP contribution < -0.4 is 9.86 Å². The number of carboxylic acid groups (broad SMARTS) is 1. The summed E-state index contributed by atoms with van der Waals surface area (Å²) < 4.78 is 50.7.